The Bertz CT molecular complexity index is 2040. The van der Waals surface area contributed by atoms with Gasteiger partial charge in [0.15, 0.2) is 0 Å². The molecule has 382 valence electrons. The number of hydrogen-bond acceptors (Lipinski definition) is 14. The SMILES string of the molecule is CC[C@H](C)[C@@H]1NC(=O)[C@H](Cc2ccc(O)cc2)NC(=O)CCCSC[C@@H](C(=O)N2C[C@H](O)C[C@H]2C(=O)N[C@@H](CC(C)C)C(=O)NCC(N)=O)NC(=O)[C@H](CC(N)=O)NC(=O)[C@H](CCC(N)=O)NC1=O. The molecule has 69 heavy (non-hydrogen) atoms. The summed E-state index contributed by atoms with van der Waals surface area (Å²) in [5.41, 5.74) is 16.6. The zero-order valence-corrected chi connectivity index (χ0v) is 40.1. The Hall–Kier alpha value is -6.50. The van der Waals surface area contributed by atoms with E-state index in [1.54, 1.807) is 39.8 Å². The summed E-state index contributed by atoms with van der Waals surface area (Å²) in [4.78, 5) is 148. The Morgan fingerprint density at radius 1 is 0.826 bits per heavy atom. The number of rotatable bonds is 17. The number of phenols is 1. The van der Waals surface area contributed by atoms with Crippen molar-refractivity contribution in [1.29, 1.82) is 0 Å². The number of carbonyl (C=O) groups excluding carboxylic acids is 11. The van der Waals surface area contributed by atoms with Gasteiger partial charge in [0, 0.05) is 38.0 Å². The van der Waals surface area contributed by atoms with Crippen LogP contribution in [0.25, 0.3) is 0 Å². The number of aromatic hydroxyl groups is 1. The van der Waals surface area contributed by atoms with E-state index in [0.29, 0.717) is 12.0 Å². The van der Waals surface area contributed by atoms with Crippen LogP contribution in [-0.4, -0.2) is 153 Å². The second kappa shape index (κ2) is 27.5. The van der Waals surface area contributed by atoms with Crippen molar-refractivity contribution in [3.63, 3.8) is 0 Å². The summed E-state index contributed by atoms with van der Waals surface area (Å²) in [7, 11) is 0. The summed E-state index contributed by atoms with van der Waals surface area (Å²) < 4.78 is 0. The lowest BCUT2D eigenvalue weighted by molar-refractivity contribution is -0.142. The Balaban J connectivity index is 2.04. The van der Waals surface area contributed by atoms with Crippen LogP contribution in [0.2, 0.25) is 0 Å². The topological polar surface area (TPSA) is 394 Å². The Morgan fingerprint density at radius 3 is 2.07 bits per heavy atom. The summed E-state index contributed by atoms with van der Waals surface area (Å²) in [5, 5.41) is 38.4. The number of carbonyl (C=O) groups is 11. The molecule has 0 aromatic heterocycles. The van der Waals surface area contributed by atoms with Crippen LogP contribution in [0.3, 0.4) is 0 Å². The quantitative estimate of drug-likeness (QED) is 0.0712. The van der Waals surface area contributed by atoms with E-state index in [0.717, 1.165) is 16.7 Å². The average Bonchev–Trinajstić information content (AvgIpc) is 3.68. The number of phenolic OH excluding ortho intramolecular Hbond substituents is 1. The van der Waals surface area contributed by atoms with Crippen molar-refractivity contribution in [1.82, 2.24) is 42.1 Å². The van der Waals surface area contributed by atoms with Gasteiger partial charge in [-0.25, -0.2) is 0 Å². The number of nitrogens with zero attached hydrogens (tertiary/aromatic N) is 1. The maximum Gasteiger partial charge on any atom is 0.246 e. The van der Waals surface area contributed by atoms with E-state index in [1.165, 1.54) is 12.1 Å². The van der Waals surface area contributed by atoms with Crippen molar-refractivity contribution in [3.05, 3.63) is 29.8 Å². The Labute approximate surface area is 403 Å². The minimum absolute atomic E-state index is 0.0342. The molecule has 0 unspecified atom stereocenters. The highest BCUT2D eigenvalue weighted by Gasteiger charge is 2.43. The van der Waals surface area contributed by atoms with Crippen LogP contribution in [0.15, 0.2) is 24.3 Å². The molecule has 2 fully saturated rings. The van der Waals surface area contributed by atoms with Crippen molar-refractivity contribution >= 4 is 76.7 Å². The number of likely N-dealkylation sites (tertiary alicyclic amines) is 1. The van der Waals surface area contributed by atoms with Crippen molar-refractivity contribution < 1.29 is 63.0 Å². The van der Waals surface area contributed by atoms with Crippen LogP contribution in [-0.2, 0) is 59.2 Å². The maximum absolute atomic E-state index is 14.5. The highest BCUT2D eigenvalue weighted by atomic mass is 32.2. The van der Waals surface area contributed by atoms with Crippen molar-refractivity contribution in [2.45, 2.75) is 134 Å². The average molecular weight is 990 g/mol. The molecule has 3 rings (SSSR count). The van der Waals surface area contributed by atoms with Crippen molar-refractivity contribution in [3.8, 4) is 5.75 Å². The van der Waals surface area contributed by atoms with Crippen molar-refractivity contribution in [2.75, 3.05) is 24.6 Å². The van der Waals surface area contributed by atoms with Gasteiger partial charge in [0.25, 0.3) is 0 Å². The fourth-order valence-corrected chi connectivity index (χ4v) is 8.53. The molecule has 0 aliphatic carbocycles. The van der Waals surface area contributed by atoms with Gasteiger partial charge in [0.05, 0.1) is 19.1 Å². The first-order valence-electron chi connectivity index (χ1n) is 22.8. The molecule has 2 saturated heterocycles. The smallest absolute Gasteiger partial charge is 0.246 e. The third kappa shape index (κ3) is 18.8. The molecule has 2 aliphatic heterocycles. The van der Waals surface area contributed by atoms with E-state index in [4.69, 9.17) is 17.2 Å². The normalized spacial score (nSPS) is 24.3. The van der Waals surface area contributed by atoms with E-state index in [-0.39, 0.29) is 61.8 Å². The van der Waals surface area contributed by atoms with Crippen LogP contribution in [0, 0.1) is 11.8 Å². The fraction of sp³-hybridized carbons (Fsp3) is 0.614. The molecular formula is C44H67N11O13S. The molecule has 9 atom stereocenters. The molecule has 0 bridgehead atoms. The van der Waals surface area contributed by atoms with Crippen molar-refractivity contribution in [2.24, 2.45) is 29.0 Å². The van der Waals surface area contributed by atoms with Gasteiger partial charge in [0.1, 0.15) is 48.0 Å². The molecule has 2 heterocycles. The largest absolute Gasteiger partial charge is 0.508 e. The molecule has 0 spiro atoms. The predicted molar refractivity (Wildman–Crippen MR) is 249 cm³/mol. The number of aliphatic hydroxyl groups excluding tert-OH is 1. The van der Waals surface area contributed by atoms with E-state index in [2.05, 4.69) is 37.2 Å². The Morgan fingerprint density at radius 2 is 1.46 bits per heavy atom. The molecular weight excluding hydrogens is 923 g/mol. The third-order valence-electron chi connectivity index (χ3n) is 11.4. The number of nitrogens with two attached hydrogens (primary N) is 3. The predicted octanol–water partition coefficient (Wildman–Crippen LogP) is -3.83. The van der Waals surface area contributed by atoms with E-state index in [9.17, 15) is 63.0 Å². The number of benzene rings is 1. The van der Waals surface area contributed by atoms with Gasteiger partial charge in [-0.1, -0.05) is 46.2 Å². The van der Waals surface area contributed by atoms with Gasteiger partial charge >= 0.3 is 0 Å². The summed E-state index contributed by atoms with van der Waals surface area (Å²) in [6.07, 6.45) is -2.65. The third-order valence-corrected chi connectivity index (χ3v) is 12.6. The van der Waals surface area contributed by atoms with Gasteiger partial charge in [-0.05, 0) is 54.5 Å². The van der Waals surface area contributed by atoms with Crippen LogP contribution >= 0.6 is 11.8 Å². The first-order valence-corrected chi connectivity index (χ1v) is 23.9. The van der Waals surface area contributed by atoms with E-state index >= 15 is 0 Å². The summed E-state index contributed by atoms with van der Waals surface area (Å²) >= 11 is 1.11. The standard InChI is InChI=1S/C44H67N11O13S/c1-5-23(4)37-43(67)50-27(12-13-33(45)58)39(63)51-30(18-34(46)59)40(64)53-31(21-69-14-6-7-36(61)49-29(41(65)54-37)16-24-8-10-25(56)11-9-24)44(68)55-20-26(57)17-32(55)42(66)52-28(15-22(2)3)38(62)48-19-35(47)60/h8-11,22-23,26-32,37,56-57H,5-7,12-21H2,1-4H3,(H2,45,58)(H2,46,59)(H2,47,60)(H,48,62)(H,49,61)(H,50,67)(H,51,63)(H,52,66)(H,53,64)(H,54,65)/t23-,26+,27-,28-,29-,30-,31-,32-,37-/m0/s1. The lowest BCUT2D eigenvalue weighted by Crippen LogP contribution is -2.61. The zero-order chi connectivity index (χ0) is 51.5. The van der Waals surface area contributed by atoms with Gasteiger partial charge in [0.2, 0.25) is 65.0 Å². The first kappa shape index (κ1) is 56.8. The highest BCUT2D eigenvalue weighted by molar-refractivity contribution is 7.99. The van der Waals surface area contributed by atoms with E-state index in [1.807, 2.05) is 0 Å². The van der Waals surface area contributed by atoms with E-state index < -0.39 is 145 Å². The van der Waals surface area contributed by atoms with Crippen LogP contribution in [0.1, 0.15) is 84.6 Å². The summed E-state index contributed by atoms with van der Waals surface area (Å²) in [5.74, 6) is -10.2. The fourth-order valence-electron chi connectivity index (χ4n) is 7.56. The second-order valence-electron chi connectivity index (χ2n) is 17.7. The molecule has 11 amide bonds. The number of primary amides is 3. The van der Waals surface area contributed by atoms with Gasteiger partial charge < -0.3 is 69.5 Å². The number of β-amino-alcohol motifs (C(OH)–C–C–N with tert-alkyl or cyclic N) is 1. The molecule has 1 aromatic rings. The summed E-state index contributed by atoms with van der Waals surface area (Å²) in [6.45, 7) is 6.10. The molecule has 0 radical (unpaired) electrons. The minimum Gasteiger partial charge on any atom is -0.508 e. The maximum atomic E-state index is 14.5. The Kier molecular flexibility index (Phi) is 22.6. The summed E-state index contributed by atoms with van der Waals surface area (Å²) in [6, 6.07) is -4.03. The number of nitrogens with one attached hydrogen (secondary N) is 7. The van der Waals surface area contributed by atoms with Crippen LogP contribution in [0.4, 0.5) is 0 Å². The molecule has 2 aliphatic rings. The molecule has 0 saturated carbocycles. The number of hydrogen-bond donors (Lipinski definition) is 12. The lowest BCUT2D eigenvalue weighted by atomic mass is 9.96. The monoisotopic (exact) mass is 989 g/mol. The number of aliphatic hydroxyl groups is 1. The highest BCUT2D eigenvalue weighted by Crippen LogP contribution is 2.22. The van der Waals surface area contributed by atoms with Crippen LogP contribution in [0.5, 0.6) is 5.75 Å². The molecule has 15 N–H and O–H groups in total. The molecule has 24 nitrogen and oxygen atoms in total. The lowest BCUT2D eigenvalue weighted by Gasteiger charge is -2.31. The first-order chi connectivity index (χ1) is 32.5. The second-order valence-corrected chi connectivity index (χ2v) is 18.8. The van der Waals surface area contributed by atoms with Gasteiger partial charge in [-0.15, -0.1) is 0 Å². The van der Waals surface area contributed by atoms with Gasteiger partial charge in [-0.2, -0.15) is 11.8 Å². The molecule has 1 aromatic carbocycles. The van der Waals surface area contributed by atoms with Crippen LogP contribution < -0.4 is 54.4 Å². The number of amides is 11. The minimum atomic E-state index is -1.78. The number of thioether (sulfide) groups is 1. The zero-order valence-electron chi connectivity index (χ0n) is 39.2. The molecule has 25 heteroatoms. The van der Waals surface area contributed by atoms with Gasteiger partial charge in [-0.3, -0.25) is 52.7 Å².